The fourth-order valence-corrected chi connectivity index (χ4v) is 3.55. The van der Waals surface area contributed by atoms with Crippen molar-refractivity contribution in [2.45, 2.75) is 64.8 Å². The number of nitrogens with zero attached hydrogens (tertiary/aromatic N) is 1. The molecule has 23 heavy (non-hydrogen) atoms. The molecule has 6 heteroatoms. The molecule has 1 aromatic rings. The summed E-state index contributed by atoms with van der Waals surface area (Å²) in [5.74, 6) is -0.820. The van der Waals surface area contributed by atoms with Gasteiger partial charge in [-0.25, -0.2) is 0 Å². The molecule has 0 unspecified atom stereocenters. The number of aryl methyl sites for hydroxylation is 2. The van der Waals surface area contributed by atoms with Crippen molar-refractivity contribution in [3.05, 3.63) is 17.0 Å². The van der Waals surface area contributed by atoms with Gasteiger partial charge in [0.05, 0.1) is 24.6 Å². The predicted molar refractivity (Wildman–Crippen MR) is 87.0 cm³/mol. The Morgan fingerprint density at radius 3 is 2.57 bits per heavy atom. The average Bonchev–Trinajstić information content (AvgIpc) is 2.74. The molecule has 1 saturated carbocycles. The van der Waals surface area contributed by atoms with Gasteiger partial charge in [-0.3, -0.25) is 14.7 Å². The van der Waals surface area contributed by atoms with E-state index in [4.69, 9.17) is 4.74 Å². The number of methoxy groups -OCH3 is 1. The SMILES string of the molecule is COC(=O)[C@@H]1CCCCC[C@@H]1NC(=O)[C@H](C)c1c(C)n[nH]c1C. The van der Waals surface area contributed by atoms with Crippen LogP contribution in [0.15, 0.2) is 0 Å². The summed E-state index contributed by atoms with van der Waals surface area (Å²) >= 11 is 0. The highest BCUT2D eigenvalue weighted by molar-refractivity contribution is 5.85. The first-order valence-corrected chi connectivity index (χ1v) is 8.35. The smallest absolute Gasteiger partial charge is 0.310 e. The lowest BCUT2D eigenvalue weighted by molar-refractivity contribution is -0.147. The van der Waals surface area contributed by atoms with Crippen molar-refractivity contribution in [2.75, 3.05) is 7.11 Å². The topological polar surface area (TPSA) is 84.1 Å². The lowest BCUT2D eigenvalue weighted by atomic mass is 9.92. The Kier molecular flexibility index (Phi) is 5.80. The number of amides is 1. The van der Waals surface area contributed by atoms with Crippen LogP contribution in [-0.4, -0.2) is 35.2 Å². The number of hydrogen-bond donors (Lipinski definition) is 2. The molecule has 1 aromatic heterocycles. The third-order valence-corrected chi connectivity index (χ3v) is 4.86. The molecule has 1 aliphatic rings. The normalized spacial score (nSPS) is 23.0. The minimum Gasteiger partial charge on any atom is -0.469 e. The van der Waals surface area contributed by atoms with Crippen LogP contribution in [0.3, 0.4) is 0 Å². The van der Waals surface area contributed by atoms with Gasteiger partial charge < -0.3 is 10.1 Å². The number of hydrogen-bond acceptors (Lipinski definition) is 4. The fraction of sp³-hybridized carbons (Fsp3) is 0.706. The van der Waals surface area contributed by atoms with Gasteiger partial charge in [-0.2, -0.15) is 5.10 Å². The summed E-state index contributed by atoms with van der Waals surface area (Å²) in [7, 11) is 1.41. The summed E-state index contributed by atoms with van der Waals surface area (Å²) < 4.78 is 4.92. The molecule has 2 N–H and O–H groups in total. The van der Waals surface area contributed by atoms with Crippen LogP contribution in [0.2, 0.25) is 0 Å². The molecular formula is C17H27N3O3. The Hall–Kier alpha value is -1.85. The van der Waals surface area contributed by atoms with Gasteiger partial charge in [-0.15, -0.1) is 0 Å². The van der Waals surface area contributed by atoms with Gasteiger partial charge in [0.25, 0.3) is 0 Å². The van der Waals surface area contributed by atoms with Crippen LogP contribution in [0.5, 0.6) is 0 Å². The Morgan fingerprint density at radius 1 is 1.26 bits per heavy atom. The van der Waals surface area contributed by atoms with Gasteiger partial charge >= 0.3 is 5.97 Å². The molecule has 0 saturated heterocycles. The molecular weight excluding hydrogens is 294 g/mol. The van der Waals surface area contributed by atoms with Gasteiger partial charge in [0.1, 0.15) is 0 Å². The number of aromatic amines is 1. The monoisotopic (exact) mass is 321 g/mol. The Labute approximate surface area is 137 Å². The molecule has 128 valence electrons. The van der Waals surface area contributed by atoms with E-state index in [-0.39, 0.29) is 29.8 Å². The van der Waals surface area contributed by atoms with E-state index in [1.54, 1.807) is 0 Å². The maximum atomic E-state index is 12.7. The Morgan fingerprint density at radius 2 is 1.96 bits per heavy atom. The highest BCUT2D eigenvalue weighted by atomic mass is 16.5. The lowest BCUT2D eigenvalue weighted by Gasteiger charge is -2.25. The van der Waals surface area contributed by atoms with Crippen molar-refractivity contribution >= 4 is 11.9 Å². The quantitative estimate of drug-likeness (QED) is 0.658. The lowest BCUT2D eigenvalue weighted by Crippen LogP contribution is -2.44. The van der Waals surface area contributed by atoms with Crippen LogP contribution in [0, 0.1) is 19.8 Å². The molecule has 0 spiro atoms. The van der Waals surface area contributed by atoms with E-state index in [2.05, 4.69) is 15.5 Å². The average molecular weight is 321 g/mol. The molecule has 0 aromatic carbocycles. The predicted octanol–water partition coefficient (Wildman–Crippen LogP) is 2.37. The number of ether oxygens (including phenoxy) is 1. The second-order valence-electron chi connectivity index (χ2n) is 6.45. The summed E-state index contributed by atoms with van der Waals surface area (Å²) in [6.45, 7) is 5.69. The zero-order chi connectivity index (χ0) is 17.0. The van der Waals surface area contributed by atoms with Crippen LogP contribution in [0.4, 0.5) is 0 Å². The summed E-state index contributed by atoms with van der Waals surface area (Å²) in [4.78, 5) is 24.7. The standard InChI is InChI=1S/C17H27N3O3/c1-10(15-11(2)19-20-12(15)3)16(21)18-14-9-7-5-6-8-13(14)17(22)23-4/h10,13-14H,5-9H2,1-4H3,(H,18,21)(H,19,20)/t10-,13-,14+/m1/s1. The number of rotatable bonds is 4. The van der Waals surface area contributed by atoms with E-state index in [0.29, 0.717) is 0 Å². The van der Waals surface area contributed by atoms with E-state index in [0.717, 1.165) is 49.1 Å². The minimum absolute atomic E-state index is 0.0570. The maximum absolute atomic E-state index is 12.7. The molecule has 6 nitrogen and oxygen atoms in total. The van der Waals surface area contributed by atoms with Crippen molar-refractivity contribution in [3.8, 4) is 0 Å². The van der Waals surface area contributed by atoms with Crippen LogP contribution < -0.4 is 5.32 Å². The number of carbonyl (C=O) groups is 2. The van der Waals surface area contributed by atoms with Gasteiger partial charge in [0.15, 0.2) is 0 Å². The highest BCUT2D eigenvalue weighted by Crippen LogP contribution is 2.27. The summed E-state index contributed by atoms with van der Waals surface area (Å²) in [5.41, 5.74) is 2.69. The molecule has 0 radical (unpaired) electrons. The molecule has 3 atom stereocenters. The molecule has 1 fully saturated rings. The minimum atomic E-state index is -0.296. The van der Waals surface area contributed by atoms with Crippen LogP contribution >= 0.6 is 0 Å². The number of carbonyl (C=O) groups excluding carboxylic acids is 2. The van der Waals surface area contributed by atoms with Gasteiger partial charge in [-0.05, 0) is 33.6 Å². The second-order valence-corrected chi connectivity index (χ2v) is 6.45. The summed E-state index contributed by atoms with van der Waals surface area (Å²) in [6, 6.07) is -0.146. The maximum Gasteiger partial charge on any atom is 0.310 e. The second kappa shape index (κ2) is 7.62. The van der Waals surface area contributed by atoms with E-state index in [1.165, 1.54) is 7.11 Å². The first-order valence-electron chi connectivity index (χ1n) is 8.35. The molecule has 1 heterocycles. The summed E-state index contributed by atoms with van der Waals surface area (Å²) in [5, 5.41) is 10.2. The van der Waals surface area contributed by atoms with Crippen molar-refractivity contribution < 1.29 is 14.3 Å². The molecule has 2 rings (SSSR count). The van der Waals surface area contributed by atoms with Crippen LogP contribution in [0.1, 0.15) is 61.9 Å². The van der Waals surface area contributed by atoms with E-state index in [1.807, 2.05) is 20.8 Å². The number of aromatic nitrogens is 2. The van der Waals surface area contributed by atoms with Gasteiger partial charge in [0, 0.05) is 17.3 Å². The molecule has 0 bridgehead atoms. The first-order chi connectivity index (χ1) is 11.0. The van der Waals surface area contributed by atoms with Gasteiger partial charge in [0.2, 0.25) is 5.91 Å². The highest BCUT2D eigenvalue weighted by Gasteiger charge is 2.33. The number of esters is 1. The third-order valence-electron chi connectivity index (χ3n) is 4.86. The van der Waals surface area contributed by atoms with Crippen LogP contribution in [0.25, 0.3) is 0 Å². The van der Waals surface area contributed by atoms with E-state index >= 15 is 0 Å². The van der Waals surface area contributed by atoms with Crippen LogP contribution in [-0.2, 0) is 14.3 Å². The Bertz CT molecular complexity index is 548. The van der Waals surface area contributed by atoms with Crippen molar-refractivity contribution in [1.82, 2.24) is 15.5 Å². The molecule has 1 amide bonds. The number of H-pyrrole nitrogens is 1. The van der Waals surface area contributed by atoms with Crippen molar-refractivity contribution in [1.29, 1.82) is 0 Å². The third kappa shape index (κ3) is 3.92. The first kappa shape index (κ1) is 17.5. The van der Waals surface area contributed by atoms with Crippen molar-refractivity contribution in [3.63, 3.8) is 0 Å². The van der Waals surface area contributed by atoms with Gasteiger partial charge in [-0.1, -0.05) is 19.3 Å². The largest absolute Gasteiger partial charge is 0.469 e. The molecule has 1 aliphatic carbocycles. The van der Waals surface area contributed by atoms with E-state index in [9.17, 15) is 9.59 Å². The zero-order valence-corrected chi connectivity index (χ0v) is 14.4. The molecule has 0 aliphatic heterocycles. The Balaban J connectivity index is 2.11. The number of nitrogens with one attached hydrogen (secondary N) is 2. The van der Waals surface area contributed by atoms with Crippen molar-refractivity contribution in [2.24, 2.45) is 5.92 Å². The fourth-order valence-electron chi connectivity index (χ4n) is 3.55. The van der Waals surface area contributed by atoms with E-state index < -0.39 is 0 Å². The summed E-state index contributed by atoms with van der Waals surface area (Å²) in [6.07, 6.45) is 4.71. The zero-order valence-electron chi connectivity index (χ0n) is 14.4.